The predicted octanol–water partition coefficient (Wildman–Crippen LogP) is 2.60. The first-order chi connectivity index (χ1) is 8.27. The first kappa shape index (κ1) is 10.1. The summed E-state index contributed by atoms with van der Waals surface area (Å²) in [5.41, 5.74) is 10.2. The van der Waals surface area contributed by atoms with Crippen LogP contribution in [0.4, 0.5) is 5.69 Å². The zero-order valence-electron chi connectivity index (χ0n) is 9.44. The molecule has 0 amide bonds. The van der Waals surface area contributed by atoms with Gasteiger partial charge in [0.2, 0.25) is 0 Å². The maximum atomic E-state index is 12.5. The maximum absolute atomic E-state index is 12.5. The number of benzene rings is 2. The van der Waals surface area contributed by atoms with Gasteiger partial charge in [-0.2, -0.15) is 0 Å². The molecule has 0 bridgehead atoms. The van der Waals surface area contributed by atoms with E-state index in [1.807, 2.05) is 36.4 Å². The molecule has 0 unspecified atom stereocenters. The summed E-state index contributed by atoms with van der Waals surface area (Å²) in [6, 6.07) is 13.5. The summed E-state index contributed by atoms with van der Waals surface area (Å²) in [7, 11) is 0. The normalized spacial score (nSPS) is 13.8. The van der Waals surface area contributed by atoms with Crippen LogP contribution in [0.15, 0.2) is 42.5 Å². The average molecular weight is 223 g/mol. The molecule has 0 atom stereocenters. The van der Waals surface area contributed by atoms with E-state index in [4.69, 9.17) is 5.73 Å². The second kappa shape index (κ2) is 3.74. The molecule has 84 valence electrons. The Balaban J connectivity index is 2.26. The second-order valence-corrected chi connectivity index (χ2v) is 4.37. The zero-order valence-corrected chi connectivity index (χ0v) is 9.44. The van der Waals surface area contributed by atoms with Crippen molar-refractivity contribution in [1.82, 2.24) is 0 Å². The van der Waals surface area contributed by atoms with Crippen molar-refractivity contribution < 1.29 is 4.79 Å². The summed E-state index contributed by atoms with van der Waals surface area (Å²) in [5, 5.41) is 0. The van der Waals surface area contributed by atoms with Gasteiger partial charge in [-0.05, 0) is 30.0 Å². The molecule has 0 radical (unpaired) electrons. The van der Waals surface area contributed by atoms with Gasteiger partial charge in [-0.15, -0.1) is 0 Å². The Labute approximate surface area is 100 Å². The SMILES string of the molecule is Nc1cccc2c1C(=O)c1ccccc1CC2. The molecule has 0 fully saturated rings. The molecular weight excluding hydrogens is 210 g/mol. The van der Waals surface area contributed by atoms with Crippen LogP contribution < -0.4 is 5.73 Å². The van der Waals surface area contributed by atoms with Crippen LogP contribution in [-0.4, -0.2) is 5.78 Å². The van der Waals surface area contributed by atoms with E-state index in [2.05, 4.69) is 0 Å². The van der Waals surface area contributed by atoms with E-state index in [9.17, 15) is 4.79 Å². The molecule has 0 saturated carbocycles. The molecule has 17 heavy (non-hydrogen) atoms. The van der Waals surface area contributed by atoms with E-state index in [1.165, 1.54) is 0 Å². The Kier molecular flexibility index (Phi) is 2.22. The standard InChI is InChI=1S/C15H13NO/c16-13-7-3-5-11-9-8-10-4-1-2-6-12(10)15(17)14(11)13/h1-7H,8-9,16H2. The van der Waals surface area contributed by atoms with Crippen molar-refractivity contribution in [3.8, 4) is 0 Å². The molecule has 2 aromatic rings. The second-order valence-electron chi connectivity index (χ2n) is 4.37. The van der Waals surface area contributed by atoms with Gasteiger partial charge >= 0.3 is 0 Å². The van der Waals surface area contributed by atoms with Gasteiger partial charge < -0.3 is 5.73 Å². The summed E-state index contributed by atoms with van der Waals surface area (Å²) in [5.74, 6) is 0.0613. The van der Waals surface area contributed by atoms with Crippen molar-refractivity contribution in [2.24, 2.45) is 0 Å². The Morgan fingerprint density at radius 2 is 1.59 bits per heavy atom. The minimum Gasteiger partial charge on any atom is -0.398 e. The van der Waals surface area contributed by atoms with Crippen LogP contribution in [0.2, 0.25) is 0 Å². The third-order valence-electron chi connectivity index (χ3n) is 3.34. The summed E-state index contributed by atoms with van der Waals surface area (Å²) >= 11 is 0. The van der Waals surface area contributed by atoms with Crippen LogP contribution in [0.5, 0.6) is 0 Å². The number of hydrogen-bond acceptors (Lipinski definition) is 2. The monoisotopic (exact) mass is 223 g/mol. The molecule has 2 nitrogen and oxygen atoms in total. The van der Waals surface area contributed by atoms with E-state index < -0.39 is 0 Å². The molecule has 2 N–H and O–H groups in total. The lowest BCUT2D eigenvalue weighted by Crippen LogP contribution is -2.07. The number of fused-ring (bicyclic) bond motifs is 2. The number of carbonyl (C=O) groups excluding carboxylic acids is 1. The number of carbonyl (C=O) groups is 1. The molecule has 0 spiro atoms. The van der Waals surface area contributed by atoms with Crippen LogP contribution in [0.3, 0.4) is 0 Å². The van der Waals surface area contributed by atoms with Gasteiger partial charge in [-0.25, -0.2) is 0 Å². The molecule has 0 saturated heterocycles. The summed E-state index contributed by atoms with van der Waals surface area (Å²) in [6.45, 7) is 0. The number of rotatable bonds is 0. The lowest BCUT2D eigenvalue weighted by Gasteiger charge is -2.07. The highest BCUT2D eigenvalue weighted by Gasteiger charge is 2.22. The first-order valence-electron chi connectivity index (χ1n) is 5.77. The topological polar surface area (TPSA) is 43.1 Å². The van der Waals surface area contributed by atoms with Crippen LogP contribution >= 0.6 is 0 Å². The Morgan fingerprint density at radius 1 is 0.882 bits per heavy atom. The van der Waals surface area contributed by atoms with Gasteiger partial charge in [0.05, 0.1) is 0 Å². The minimum absolute atomic E-state index is 0.0613. The molecule has 2 aromatic carbocycles. The van der Waals surface area contributed by atoms with Gasteiger partial charge in [0.1, 0.15) is 0 Å². The molecule has 0 aromatic heterocycles. The Hall–Kier alpha value is -2.09. The molecular formula is C15H13NO. The lowest BCUT2D eigenvalue weighted by atomic mass is 9.97. The highest BCUT2D eigenvalue weighted by molar-refractivity contribution is 6.14. The fraction of sp³-hybridized carbons (Fsp3) is 0.133. The van der Waals surface area contributed by atoms with Gasteiger partial charge in [-0.1, -0.05) is 36.4 Å². The van der Waals surface area contributed by atoms with Gasteiger partial charge in [-0.3, -0.25) is 4.79 Å². The van der Waals surface area contributed by atoms with Crippen molar-refractivity contribution in [1.29, 1.82) is 0 Å². The van der Waals surface area contributed by atoms with Crippen LogP contribution in [0, 0.1) is 0 Å². The number of nitrogen functional groups attached to an aromatic ring is 1. The first-order valence-corrected chi connectivity index (χ1v) is 5.77. The number of aryl methyl sites for hydroxylation is 2. The largest absolute Gasteiger partial charge is 0.398 e. The third kappa shape index (κ3) is 1.53. The number of hydrogen-bond donors (Lipinski definition) is 1. The van der Waals surface area contributed by atoms with Crippen LogP contribution in [-0.2, 0) is 12.8 Å². The summed E-state index contributed by atoms with van der Waals surface area (Å²) in [4.78, 5) is 12.5. The van der Waals surface area contributed by atoms with Gasteiger partial charge in [0, 0.05) is 16.8 Å². The van der Waals surface area contributed by atoms with Gasteiger partial charge in [0.15, 0.2) is 5.78 Å². The van der Waals surface area contributed by atoms with E-state index >= 15 is 0 Å². The minimum atomic E-state index is 0.0613. The highest BCUT2D eigenvalue weighted by atomic mass is 16.1. The predicted molar refractivity (Wildman–Crippen MR) is 68.1 cm³/mol. The van der Waals surface area contributed by atoms with E-state index in [-0.39, 0.29) is 5.78 Å². The van der Waals surface area contributed by atoms with E-state index in [1.54, 1.807) is 6.07 Å². The fourth-order valence-electron chi connectivity index (χ4n) is 2.47. The fourth-order valence-corrected chi connectivity index (χ4v) is 2.47. The average Bonchev–Trinajstić information content (AvgIpc) is 2.49. The highest BCUT2D eigenvalue weighted by Crippen LogP contribution is 2.27. The number of nitrogens with two attached hydrogens (primary N) is 1. The van der Waals surface area contributed by atoms with Crippen molar-refractivity contribution in [2.75, 3.05) is 5.73 Å². The smallest absolute Gasteiger partial charge is 0.195 e. The maximum Gasteiger partial charge on any atom is 0.195 e. The van der Waals surface area contributed by atoms with Crippen molar-refractivity contribution >= 4 is 11.5 Å². The number of anilines is 1. The third-order valence-corrected chi connectivity index (χ3v) is 3.34. The van der Waals surface area contributed by atoms with Crippen LogP contribution in [0.1, 0.15) is 27.0 Å². The summed E-state index contributed by atoms with van der Waals surface area (Å²) < 4.78 is 0. The molecule has 3 rings (SSSR count). The van der Waals surface area contributed by atoms with Crippen molar-refractivity contribution in [3.63, 3.8) is 0 Å². The lowest BCUT2D eigenvalue weighted by molar-refractivity contribution is 0.103. The van der Waals surface area contributed by atoms with Crippen LogP contribution in [0.25, 0.3) is 0 Å². The molecule has 1 aliphatic carbocycles. The van der Waals surface area contributed by atoms with E-state index in [0.717, 1.165) is 29.5 Å². The summed E-state index contributed by atoms with van der Waals surface area (Å²) in [6.07, 6.45) is 1.78. The quantitative estimate of drug-likeness (QED) is 0.697. The molecule has 0 heterocycles. The van der Waals surface area contributed by atoms with Gasteiger partial charge in [0.25, 0.3) is 0 Å². The zero-order chi connectivity index (χ0) is 11.8. The van der Waals surface area contributed by atoms with Crippen molar-refractivity contribution in [2.45, 2.75) is 12.8 Å². The molecule has 2 heteroatoms. The van der Waals surface area contributed by atoms with E-state index in [0.29, 0.717) is 11.3 Å². The van der Waals surface area contributed by atoms with Crippen molar-refractivity contribution in [3.05, 3.63) is 64.7 Å². The Bertz CT molecular complexity index is 602. The molecule has 0 aliphatic heterocycles. The number of ketones is 1. The molecule has 1 aliphatic rings. The Morgan fingerprint density at radius 3 is 2.47 bits per heavy atom.